The summed E-state index contributed by atoms with van der Waals surface area (Å²) in [5, 5.41) is 1.62. The van der Waals surface area contributed by atoms with E-state index in [1.807, 2.05) is 13.8 Å². The lowest BCUT2D eigenvalue weighted by atomic mass is 10.2. The molecule has 0 bridgehead atoms. The fourth-order valence-electron chi connectivity index (χ4n) is 2.04. The van der Waals surface area contributed by atoms with Crippen molar-refractivity contribution in [3.63, 3.8) is 0 Å². The second-order valence-corrected chi connectivity index (χ2v) is 8.62. The molecule has 1 heterocycles. The van der Waals surface area contributed by atoms with E-state index in [2.05, 4.69) is 4.98 Å². The molecule has 2 rings (SSSR count). The van der Waals surface area contributed by atoms with Crippen LogP contribution >= 0.6 is 11.3 Å². The number of rotatable bonds is 5. The first kappa shape index (κ1) is 18.7. The Balaban J connectivity index is 2.46. The molecule has 1 aromatic heterocycles. The summed E-state index contributed by atoms with van der Waals surface area (Å²) in [7, 11) is -3.92. The van der Waals surface area contributed by atoms with Gasteiger partial charge in [0.05, 0.1) is 11.3 Å². The summed E-state index contributed by atoms with van der Waals surface area (Å²) in [5.41, 5.74) is -0.0571. The number of halogens is 3. The first-order valence-corrected chi connectivity index (χ1v) is 9.46. The minimum Gasteiger partial charge on any atom is -0.264 e. The Morgan fingerprint density at radius 2 is 1.79 bits per heavy atom. The molecule has 0 aliphatic carbocycles. The molecule has 0 N–H and O–H groups in total. The van der Waals surface area contributed by atoms with Crippen LogP contribution < -0.4 is 4.31 Å². The first-order valence-electron chi connectivity index (χ1n) is 7.14. The van der Waals surface area contributed by atoms with Crippen LogP contribution in [0.15, 0.2) is 34.0 Å². The van der Waals surface area contributed by atoms with E-state index in [0.717, 1.165) is 27.8 Å². The molecule has 0 aliphatic rings. The molecule has 0 saturated carbocycles. The van der Waals surface area contributed by atoms with Crippen LogP contribution in [0.2, 0.25) is 0 Å². The Labute approximate surface area is 143 Å². The van der Waals surface area contributed by atoms with Crippen molar-refractivity contribution in [3.05, 3.63) is 40.9 Å². The van der Waals surface area contributed by atoms with Crippen LogP contribution in [-0.4, -0.2) is 19.9 Å². The van der Waals surface area contributed by atoms with Crippen molar-refractivity contribution >= 4 is 27.0 Å². The van der Waals surface area contributed by atoms with Crippen LogP contribution in [0.1, 0.15) is 25.1 Å². The Morgan fingerprint density at radius 1 is 1.21 bits per heavy atom. The highest BCUT2D eigenvalue weighted by atomic mass is 32.2. The van der Waals surface area contributed by atoms with Crippen LogP contribution in [0.3, 0.4) is 0 Å². The van der Waals surface area contributed by atoms with E-state index in [0.29, 0.717) is 5.69 Å². The quantitative estimate of drug-likeness (QED) is 0.778. The molecule has 0 aliphatic heterocycles. The summed E-state index contributed by atoms with van der Waals surface area (Å²) in [6.07, 6.45) is -4.47. The van der Waals surface area contributed by atoms with Crippen molar-refractivity contribution in [1.82, 2.24) is 4.98 Å². The molecule has 0 fully saturated rings. The van der Waals surface area contributed by atoms with Gasteiger partial charge in [0.2, 0.25) is 4.34 Å². The van der Waals surface area contributed by atoms with E-state index in [9.17, 15) is 21.6 Å². The number of hydrogen-bond acceptors (Lipinski definition) is 4. The number of alkyl halides is 3. The topological polar surface area (TPSA) is 50.3 Å². The summed E-state index contributed by atoms with van der Waals surface area (Å²) >= 11 is 0.993. The van der Waals surface area contributed by atoms with E-state index in [-0.39, 0.29) is 22.5 Å². The van der Waals surface area contributed by atoms with Gasteiger partial charge in [-0.25, -0.2) is 4.98 Å². The summed E-state index contributed by atoms with van der Waals surface area (Å²) in [5.74, 6) is -0.0110. The zero-order valence-electron chi connectivity index (χ0n) is 13.3. The Bertz CT molecular complexity index is 797. The van der Waals surface area contributed by atoms with Gasteiger partial charge in [0.15, 0.2) is 0 Å². The van der Waals surface area contributed by atoms with E-state index in [1.165, 1.54) is 12.1 Å². The van der Waals surface area contributed by atoms with Crippen molar-refractivity contribution in [3.8, 4) is 0 Å². The summed E-state index contributed by atoms with van der Waals surface area (Å²) in [4.78, 5) is 4.00. The molecular formula is C15H17F3N2O2S2. The highest BCUT2D eigenvalue weighted by Gasteiger charge is 2.32. The Kier molecular flexibility index (Phi) is 5.24. The zero-order chi connectivity index (χ0) is 18.1. The third kappa shape index (κ3) is 4.07. The van der Waals surface area contributed by atoms with Crippen LogP contribution in [0.4, 0.5) is 18.9 Å². The number of aromatic nitrogens is 1. The van der Waals surface area contributed by atoms with Gasteiger partial charge in [0.1, 0.15) is 0 Å². The van der Waals surface area contributed by atoms with Gasteiger partial charge in [-0.15, -0.1) is 11.3 Å². The van der Waals surface area contributed by atoms with Crippen molar-refractivity contribution in [2.24, 2.45) is 5.92 Å². The average Bonchev–Trinajstić information content (AvgIpc) is 2.91. The number of hydrogen-bond donors (Lipinski definition) is 0. The van der Waals surface area contributed by atoms with E-state index < -0.39 is 21.8 Å². The van der Waals surface area contributed by atoms with Gasteiger partial charge < -0.3 is 0 Å². The highest BCUT2D eigenvalue weighted by molar-refractivity contribution is 7.94. The number of nitrogens with zero attached hydrogens (tertiary/aromatic N) is 2. The Morgan fingerprint density at radius 3 is 2.21 bits per heavy atom. The van der Waals surface area contributed by atoms with Crippen molar-refractivity contribution in [2.45, 2.75) is 31.3 Å². The van der Waals surface area contributed by atoms with Gasteiger partial charge in [0.25, 0.3) is 10.0 Å². The summed E-state index contributed by atoms with van der Waals surface area (Å²) in [6, 6.07) is 4.10. The Hall–Kier alpha value is -1.61. The van der Waals surface area contributed by atoms with Crippen LogP contribution in [0, 0.1) is 12.8 Å². The number of sulfonamides is 1. The molecule has 0 radical (unpaired) electrons. The first-order chi connectivity index (χ1) is 11.0. The molecule has 4 nitrogen and oxygen atoms in total. The van der Waals surface area contributed by atoms with Crippen molar-refractivity contribution in [1.29, 1.82) is 0 Å². The maximum Gasteiger partial charge on any atom is 0.416 e. The van der Waals surface area contributed by atoms with E-state index in [4.69, 9.17) is 0 Å². The molecule has 132 valence electrons. The van der Waals surface area contributed by atoms with Gasteiger partial charge in [0, 0.05) is 17.6 Å². The van der Waals surface area contributed by atoms with Gasteiger partial charge >= 0.3 is 6.18 Å². The molecule has 0 amide bonds. The average molecular weight is 378 g/mol. The van der Waals surface area contributed by atoms with Gasteiger partial charge in [-0.3, -0.25) is 4.31 Å². The third-order valence-corrected chi connectivity index (χ3v) is 6.27. The molecule has 2 aromatic rings. The van der Waals surface area contributed by atoms with Crippen molar-refractivity contribution < 1.29 is 21.6 Å². The molecular weight excluding hydrogens is 361 g/mol. The lowest BCUT2D eigenvalue weighted by Crippen LogP contribution is -2.34. The van der Waals surface area contributed by atoms with Crippen LogP contribution in [0.5, 0.6) is 0 Å². The largest absolute Gasteiger partial charge is 0.416 e. The molecule has 0 spiro atoms. The molecule has 24 heavy (non-hydrogen) atoms. The standard InChI is InChI=1S/C15H17F3N2O2S2/c1-10(2)8-20(24(21,22)14-19-11(3)9-23-14)13-6-4-12(5-7-13)15(16,17)18/h4-7,9-10H,8H2,1-3H3. The normalized spacial score (nSPS) is 12.6. The molecule has 1 aromatic carbocycles. The fourth-order valence-corrected chi connectivity index (χ4v) is 4.80. The molecule has 9 heteroatoms. The van der Waals surface area contributed by atoms with Crippen LogP contribution in [0.25, 0.3) is 0 Å². The van der Waals surface area contributed by atoms with Gasteiger partial charge in [-0.1, -0.05) is 13.8 Å². The number of thiazole rings is 1. The zero-order valence-corrected chi connectivity index (χ0v) is 15.0. The molecule has 0 atom stereocenters. The fraction of sp³-hybridized carbons (Fsp3) is 0.400. The summed E-state index contributed by atoms with van der Waals surface area (Å²) in [6.45, 7) is 5.49. The number of aryl methyl sites for hydroxylation is 1. The minimum absolute atomic E-state index is 0.0110. The smallest absolute Gasteiger partial charge is 0.264 e. The lowest BCUT2D eigenvalue weighted by Gasteiger charge is -2.25. The molecule has 0 unspecified atom stereocenters. The molecule has 0 saturated heterocycles. The summed E-state index contributed by atoms with van der Waals surface area (Å²) < 4.78 is 64.7. The number of benzene rings is 1. The SMILES string of the molecule is Cc1csc(S(=O)(=O)N(CC(C)C)c2ccc(C(F)(F)F)cc2)n1. The van der Waals surface area contributed by atoms with E-state index in [1.54, 1.807) is 12.3 Å². The maximum absolute atomic E-state index is 12.8. The van der Waals surface area contributed by atoms with Crippen molar-refractivity contribution in [2.75, 3.05) is 10.8 Å². The predicted molar refractivity (Wildman–Crippen MR) is 87.7 cm³/mol. The number of anilines is 1. The monoisotopic (exact) mass is 378 g/mol. The highest BCUT2D eigenvalue weighted by Crippen LogP contribution is 2.32. The second-order valence-electron chi connectivity index (χ2n) is 5.73. The van der Waals surface area contributed by atoms with E-state index >= 15 is 0 Å². The predicted octanol–water partition coefficient (Wildman–Crippen LogP) is 4.32. The maximum atomic E-state index is 12.8. The lowest BCUT2D eigenvalue weighted by molar-refractivity contribution is -0.137. The minimum atomic E-state index is -4.47. The third-order valence-electron chi connectivity index (χ3n) is 3.12. The van der Waals surface area contributed by atoms with Gasteiger partial charge in [-0.2, -0.15) is 21.6 Å². The second kappa shape index (κ2) is 6.72. The van der Waals surface area contributed by atoms with Gasteiger partial charge in [-0.05, 0) is 37.1 Å². The van der Waals surface area contributed by atoms with Crippen LogP contribution in [-0.2, 0) is 16.2 Å².